The zero-order valence-corrected chi connectivity index (χ0v) is 19.1. The van der Waals surface area contributed by atoms with Crippen molar-refractivity contribution in [3.05, 3.63) is 53.7 Å². The van der Waals surface area contributed by atoms with Crippen LogP contribution in [-0.4, -0.2) is 45.0 Å². The minimum atomic E-state index is -4.62. The standard InChI is InChI=1S/C23H25F3N4O4/c1-31-16-7-5-14(6-8-16)9-10-27-21-17(23(24,25)26)13-28-22(30-21)29-15-11-18(32-2)20(34-4)19(12-15)33-3/h5-8,11-13H,9-10H2,1-4H3,(H2,27,28,29,30). The minimum absolute atomic E-state index is 0.0331. The maximum atomic E-state index is 13.5. The van der Waals surface area contributed by atoms with Gasteiger partial charge in [0.1, 0.15) is 17.1 Å². The van der Waals surface area contributed by atoms with Crippen molar-refractivity contribution in [1.29, 1.82) is 0 Å². The van der Waals surface area contributed by atoms with E-state index in [1.54, 1.807) is 31.4 Å². The first-order chi connectivity index (χ1) is 16.3. The quantitative estimate of drug-likeness (QED) is 0.424. The topological polar surface area (TPSA) is 86.8 Å². The average molecular weight is 478 g/mol. The first-order valence-electron chi connectivity index (χ1n) is 10.2. The number of nitrogens with one attached hydrogen (secondary N) is 2. The second-order valence-electron chi connectivity index (χ2n) is 7.02. The number of benzene rings is 2. The van der Waals surface area contributed by atoms with E-state index < -0.39 is 11.7 Å². The summed E-state index contributed by atoms with van der Waals surface area (Å²) in [6.45, 7) is 0.232. The summed E-state index contributed by atoms with van der Waals surface area (Å²) in [6.07, 6.45) is -3.39. The molecule has 0 fully saturated rings. The van der Waals surface area contributed by atoms with Gasteiger partial charge in [-0.05, 0) is 24.1 Å². The predicted octanol–water partition coefficient (Wildman–Crippen LogP) is 4.93. The van der Waals surface area contributed by atoms with Crippen molar-refractivity contribution in [2.75, 3.05) is 45.6 Å². The van der Waals surface area contributed by atoms with Crippen LogP contribution in [0.1, 0.15) is 11.1 Å². The number of rotatable bonds is 10. The van der Waals surface area contributed by atoms with E-state index in [0.29, 0.717) is 35.1 Å². The normalized spacial score (nSPS) is 11.0. The third kappa shape index (κ3) is 5.91. The van der Waals surface area contributed by atoms with Gasteiger partial charge in [0.25, 0.3) is 0 Å². The van der Waals surface area contributed by atoms with E-state index in [2.05, 4.69) is 20.6 Å². The highest BCUT2D eigenvalue weighted by molar-refractivity contribution is 5.66. The number of aromatic nitrogens is 2. The number of methoxy groups -OCH3 is 4. The highest BCUT2D eigenvalue weighted by atomic mass is 19.4. The molecule has 0 amide bonds. The minimum Gasteiger partial charge on any atom is -0.497 e. The Morgan fingerprint density at radius 3 is 2.06 bits per heavy atom. The maximum absolute atomic E-state index is 13.5. The van der Waals surface area contributed by atoms with E-state index in [1.807, 2.05) is 12.1 Å². The van der Waals surface area contributed by atoms with Gasteiger partial charge in [0.2, 0.25) is 11.7 Å². The first-order valence-corrected chi connectivity index (χ1v) is 10.2. The van der Waals surface area contributed by atoms with Crippen molar-refractivity contribution in [3.63, 3.8) is 0 Å². The van der Waals surface area contributed by atoms with Gasteiger partial charge in [0, 0.05) is 30.6 Å². The SMILES string of the molecule is COc1ccc(CCNc2nc(Nc3cc(OC)c(OC)c(OC)c3)ncc2C(F)(F)F)cc1. The molecule has 2 aromatic carbocycles. The van der Waals surface area contributed by atoms with E-state index in [0.717, 1.165) is 11.8 Å². The molecular formula is C23H25F3N4O4. The van der Waals surface area contributed by atoms with Crippen LogP contribution in [0, 0.1) is 0 Å². The monoisotopic (exact) mass is 478 g/mol. The lowest BCUT2D eigenvalue weighted by atomic mass is 10.1. The highest BCUT2D eigenvalue weighted by Crippen LogP contribution is 2.40. The van der Waals surface area contributed by atoms with Gasteiger partial charge >= 0.3 is 6.18 Å². The Morgan fingerprint density at radius 2 is 1.53 bits per heavy atom. The van der Waals surface area contributed by atoms with Crippen LogP contribution in [0.25, 0.3) is 0 Å². The van der Waals surface area contributed by atoms with E-state index in [1.165, 1.54) is 21.3 Å². The Labute approximate surface area is 195 Å². The second kappa shape index (κ2) is 10.8. The van der Waals surface area contributed by atoms with Crippen molar-refractivity contribution in [1.82, 2.24) is 9.97 Å². The van der Waals surface area contributed by atoms with Gasteiger partial charge in [0.15, 0.2) is 11.5 Å². The summed E-state index contributed by atoms with van der Waals surface area (Å²) in [6, 6.07) is 10.5. The number of ether oxygens (including phenoxy) is 4. The molecule has 0 saturated heterocycles. The van der Waals surface area contributed by atoms with Crippen molar-refractivity contribution >= 4 is 17.5 Å². The number of alkyl halides is 3. The molecule has 0 atom stereocenters. The van der Waals surface area contributed by atoms with Gasteiger partial charge in [-0.2, -0.15) is 18.2 Å². The van der Waals surface area contributed by atoms with Crippen molar-refractivity contribution in [2.45, 2.75) is 12.6 Å². The molecule has 0 aliphatic rings. The van der Waals surface area contributed by atoms with Crippen molar-refractivity contribution < 1.29 is 32.1 Å². The van der Waals surface area contributed by atoms with Crippen LogP contribution in [0.2, 0.25) is 0 Å². The number of nitrogens with zero attached hydrogens (tertiary/aromatic N) is 2. The third-order valence-corrected chi connectivity index (χ3v) is 4.88. The molecule has 0 unspecified atom stereocenters. The average Bonchev–Trinajstić information content (AvgIpc) is 2.83. The summed E-state index contributed by atoms with van der Waals surface area (Å²) in [7, 11) is 5.95. The molecule has 3 aromatic rings. The molecule has 3 rings (SSSR count). The van der Waals surface area contributed by atoms with E-state index in [9.17, 15) is 13.2 Å². The van der Waals surface area contributed by atoms with Crippen LogP contribution in [0.4, 0.5) is 30.6 Å². The van der Waals surface area contributed by atoms with Crippen LogP contribution < -0.4 is 29.6 Å². The molecule has 1 aromatic heterocycles. The van der Waals surface area contributed by atoms with Crippen molar-refractivity contribution in [2.24, 2.45) is 0 Å². The second-order valence-corrected chi connectivity index (χ2v) is 7.02. The number of hydrogen-bond donors (Lipinski definition) is 2. The van der Waals surface area contributed by atoms with Crippen LogP contribution in [0.15, 0.2) is 42.6 Å². The number of hydrogen-bond acceptors (Lipinski definition) is 8. The summed E-state index contributed by atoms with van der Waals surface area (Å²) in [5.41, 5.74) is 0.419. The summed E-state index contributed by atoms with van der Waals surface area (Å²) < 4.78 is 61.6. The van der Waals surface area contributed by atoms with Crippen LogP contribution in [-0.2, 0) is 12.6 Å². The molecule has 0 aliphatic heterocycles. The van der Waals surface area contributed by atoms with Crippen LogP contribution >= 0.6 is 0 Å². The largest absolute Gasteiger partial charge is 0.497 e. The van der Waals surface area contributed by atoms with Gasteiger partial charge in [0.05, 0.1) is 28.4 Å². The summed E-state index contributed by atoms with van der Waals surface area (Å²) >= 11 is 0. The van der Waals surface area contributed by atoms with Crippen molar-refractivity contribution in [3.8, 4) is 23.0 Å². The van der Waals surface area contributed by atoms with E-state index in [-0.39, 0.29) is 18.3 Å². The Balaban J connectivity index is 1.82. The molecule has 0 aliphatic carbocycles. The van der Waals surface area contributed by atoms with Gasteiger partial charge in [-0.1, -0.05) is 12.1 Å². The molecular weight excluding hydrogens is 453 g/mol. The molecule has 0 saturated carbocycles. The fourth-order valence-corrected chi connectivity index (χ4v) is 3.18. The number of halogens is 3. The highest BCUT2D eigenvalue weighted by Gasteiger charge is 2.35. The molecule has 0 bridgehead atoms. The molecule has 1 heterocycles. The van der Waals surface area contributed by atoms with E-state index >= 15 is 0 Å². The Kier molecular flexibility index (Phi) is 7.87. The van der Waals surface area contributed by atoms with Gasteiger partial charge in [-0.15, -0.1) is 0 Å². The summed E-state index contributed by atoms with van der Waals surface area (Å²) in [5.74, 6) is 1.46. The molecule has 34 heavy (non-hydrogen) atoms. The maximum Gasteiger partial charge on any atom is 0.421 e. The Morgan fingerprint density at radius 1 is 0.882 bits per heavy atom. The fraction of sp³-hybridized carbons (Fsp3) is 0.304. The molecule has 2 N–H and O–H groups in total. The Bertz CT molecular complexity index is 1080. The molecule has 11 heteroatoms. The van der Waals surface area contributed by atoms with Gasteiger partial charge < -0.3 is 29.6 Å². The fourth-order valence-electron chi connectivity index (χ4n) is 3.18. The molecule has 8 nitrogen and oxygen atoms in total. The Hall–Kier alpha value is -3.89. The zero-order valence-electron chi connectivity index (χ0n) is 19.1. The summed E-state index contributed by atoms with van der Waals surface area (Å²) in [4.78, 5) is 7.89. The molecule has 0 radical (unpaired) electrons. The number of anilines is 3. The molecule has 0 spiro atoms. The summed E-state index contributed by atoms with van der Waals surface area (Å²) in [5, 5.41) is 5.66. The van der Waals surface area contributed by atoms with Crippen LogP contribution in [0.3, 0.4) is 0 Å². The molecule has 182 valence electrons. The zero-order chi connectivity index (χ0) is 24.7. The lowest BCUT2D eigenvalue weighted by molar-refractivity contribution is -0.137. The lowest BCUT2D eigenvalue weighted by Crippen LogP contribution is -2.16. The predicted molar refractivity (Wildman–Crippen MR) is 122 cm³/mol. The van der Waals surface area contributed by atoms with Gasteiger partial charge in [-0.3, -0.25) is 0 Å². The lowest BCUT2D eigenvalue weighted by Gasteiger charge is -2.16. The van der Waals surface area contributed by atoms with E-state index in [4.69, 9.17) is 18.9 Å². The van der Waals surface area contributed by atoms with Crippen LogP contribution in [0.5, 0.6) is 23.0 Å². The smallest absolute Gasteiger partial charge is 0.421 e. The first kappa shape index (κ1) is 24.7. The van der Waals surface area contributed by atoms with Gasteiger partial charge in [-0.25, -0.2) is 4.98 Å². The third-order valence-electron chi connectivity index (χ3n) is 4.88.